The summed E-state index contributed by atoms with van der Waals surface area (Å²) in [5.41, 5.74) is 3.27. The molecule has 0 saturated carbocycles. The van der Waals surface area contributed by atoms with E-state index in [4.69, 9.17) is 40.3 Å². The van der Waals surface area contributed by atoms with Gasteiger partial charge in [-0.1, -0.05) is 77.5 Å². The van der Waals surface area contributed by atoms with Crippen LogP contribution in [0.3, 0.4) is 0 Å². The Balaban J connectivity index is 1.51. The Morgan fingerprint density at radius 3 is 2.39 bits per heavy atom. The molecule has 0 spiro atoms. The van der Waals surface area contributed by atoms with E-state index in [2.05, 4.69) is 6.07 Å². The van der Waals surface area contributed by atoms with Crippen molar-refractivity contribution in [1.82, 2.24) is 4.57 Å². The van der Waals surface area contributed by atoms with E-state index in [0.29, 0.717) is 65.8 Å². The van der Waals surface area contributed by atoms with Gasteiger partial charge in [0.2, 0.25) is 0 Å². The molecular weight excluding hydrogens is 690 g/mol. The maximum Gasteiger partial charge on any atom is 0.338 e. The molecule has 258 valence electrons. The smallest absolute Gasteiger partial charge is 0.338 e. The Morgan fingerprint density at radius 2 is 1.69 bits per heavy atom. The van der Waals surface area contributed by atoms with Gasteiger partial charge in [-0.15, -0.1) is 0 Å². The zero-order valence-corrected chi connectivity index (χ0v) is 29.7. The Labute approximate surface area is 302 Å². The largest absolute Gasteiger partial charge is 0.493 e. The molecule has 51 heavy (non-hydrogen) atoms. The summed E-state index contributed by atoms with van der Waals surface area (Å²) in [6.45, 7) is 1.95. The van der Waals surface area contributed by atoms with E-state index in [0.717, 1.165) is 0 Å². The number of methoxy groups -OCH3 is 3. The summed E-state index contributed by atoms with van der Waals surface area (Å²) < 4.78 is 30.1. The number of thiazole rings is 1. The number of ether oxygens (including phenoxy) is 5. The highest BCUT2D eigenvalue weighted by Gasteiger charge is 2.35. The van der Waals surface area contributed by atoms with Crippen LogP contribution >= 0.6 is 22.9 Å². The molecule has 0 aliphatic carbocycles. The first kappa shape index (κ1) is 35.0. The van der Waals surface area contributed by atoms with Gasteiger partial charge in [-0.25, -0.2) is 9.79 Å². The molecule has 1 aliphatic heterocycles. The molecule has 0 N–H and O–H groups in total. The molecule has 4 aromatic carbocycles. The third kappa shape index (κ3) is 6.97. The van der Waals surface area contributed by atoms with Gasteiger partial charge in [0.05, 0.1) is 66.4 Å². The molecule has 0 bridgehead atoms. The summed E-state index contributed by atoms with van der Waals surface area (Å²) in [6, 6.07) is 26.3. The first-order chi connectivity index (χ1) is 24.8. The second-order valence-corrected chi connectivity index (χ2v) is 12.6. The number of carbonyl (C=O) groups excluding carboxylic acids is 1. The van der Waals surface area contributed by atoms with Crippen LogP contribution in [0.1, 0.15) is 40.8 Å². The number of nitrogens with zero attached hydrogens (tertiary/aromatic N) is 3. The second kappa shape index (κ2) is 15.4. The topological polar surface area (TPSA) is 121 Å². The number of nitriles is 1. The molecule has 12 heteroatoms. The third-order valence-electron chi connectivity index (χ3n) is 8.16. The molecule has 1 atom stereocenters. The normalized spacial score (nSPS) is 13.9. The van der Waals surface area contributed by atoms with Crippen LogP contribution < -0.4 is 33.8 Å². The molecular formula is C39H32ClN3O7S. The maximum atomic E-state index is 14.4. The standard InChI is InChI=1S/C39H32ClN3O7S/c1-5-49-38(45)33-34(24-11-7-6-8-12-24)42-39-43(35(33)25-15-16-29(46-2)30(20-25)47-3)37(44)32(51-39)19-23-17-28(40)36(31(18-23)48-4)50-22-27-14-10-9-13-26(27)21-41/h6-20,35H,5,22H2,1-4H3/b32-19-/t35-/m0/s1. The number of hydrogen-bond donors (Lipinski definition) is 0. The fourth-order valence-electron chi connectivity index (χ4n) is 5.80. The molecule has 10 nitrogen and oxygen atoms in total. The molecule has 0 radical (unpaired) electrons. The van der Waals surface area contributed by atoms with Crippen LogP contribution in [-0.2, 0) is 16.1 Å². The van der Waals surface area contributed by atoms with Gasteiger partial charge in [-0.2, -0.15) is 5.26 Å². The van der Waals surface area contributed by atoms with Gasteiger partial charge in [-0.3, -0.25) is 9.36 Å². The number of rotatable bonds is 11. The lowest BCUT2D eigenvalue weighted by molar-refractivity contribution is -0.138. The summed E-state index contributed by atoms with van der Waals surface area (Å²) in [5.74, 6) is 0.962. The van der Waals surface area contributed by atoms with Crippen LogP contribution in [0.25, 0.3) is 11.8 Å². The van der Waals surface area contributed by atoms with Crippen molar-refractivity contribution in [2.45, 2.75) is 19.6 Å². The lowest BCUT2D eigenvalue weighted by atomic mass is 9.93. The van der Waals surface area contributed by atoms with Gasteiger partial charge in [0.1, 0.15) is 6.61 Å². The second-order valence-electron chi connectivity index (χ2n) is 11.1. The van der Waals surface area contributed by atoms with E-state index in [1.807, 2.05) is 36.4 Å². The highest BCUT2D eigenvalue weighted by atomic mass is 35.5. The van der Waals surface area contributed by atoms with Gasteiger partial charge >= 0.3 is 5.97 Å². The van der Waals surface area contributed by atoms with Crippen LogP contribution in [0.5, 0.6) is 23.0 Å². The first-order valence-electron chi connectivity index (χ1n) is 15.8. The summed E-state index contributed by atoms with van der Waals surface area (Å²) in [4.78, 5) is 33.5. The van der Waals surface area contributed by atoms with Crippen molar-refractivity contribution in [3.63, 3.8) is 0 Å². The molecule has 1 aliphatic rings. The van der Waals surface area contributed by atoms with Crippen molar-refractivity contribution in [2.24, 2.45) is 4.99 Å². The lowest BCUT2D eigenvalue weighted by Crippen LogP contribution is -2.40. The van der Waals surface area contributed by atoms with Gasteiger partial charge in [0.25, 0.3) is 5.56 Å². The average molecular weight is 722 g/mol. The average Bonchev–Trinajstić information content (AvgIpc) is 3.47. The molecule has 6 rings (SSSR count). The first-order valence-corrected chi connectivity index (χ1v) is 17.0. The molecule has 2 heterocycles. The van der Waals surface area contributed by atoms with Crippen LogP contribution in [0.4, 0.5) is 0 Å². The fraction of sp³-hybridized carbons (Fsp3) is 0.179. The zero-order chi connectivity index (χ0) is 36.1. The maximum absolute atomic E-state index is 14.4. The van der Waals surface area contributed by atoms with Crippen LogP contribution in [0.2, 0.25) is 5.02 Å². The SMILES string of the molecule is CCOC(=O)C1=C(c2ccccc2)N=c2s/c(=C\c3cc(Cl)c(OCc4ccccc4C#N)c(OC)c3)c(=O)n2[C@H]1c1ccc(OC)c(OC)c1. The zero-order valence-electron chi connectivity index (χ0n) is 28.1. The highest BCUT2D eigenvalue weighted by molar-refractivity contribution is 7.07. The van der Waals surface area contributed by atoms with E-state index in [1.165, 1.54) is 37.2 Å². The minimum atomic E-state index is -0.914. The van der Waals surface area contributed by atoms with Crippen LogP contribution in [0.15, 0.2) is 100 Å². The predicted octanol–water partition coefficient (Wildman–Crippen LogP) is 6.07. The van der Waals surface area contributed by atoms with E-state index in [1.54, 1.807) is 61.5 Å². The summed E-state index contributed by atoms with van der Waals surface area (Å²) >= 11 is 7.89. The van der Waals surface area contributed by atoms with Gasteiger partial charge in [0, 0.05) is 11.1 Å². The Kier molecular flexibility index (Phi) is 10.6. The Hall–Kier alpha value is -5.83. The number of carbonyl (C=O) groups is 1. The van der Waals surface area contributed by atoms with E-state index in [9.17, 15) is 14.9 Å². The van der Waals surface area contributed by atoms with Crippen LogP contribution in [-0.4, -0.2) is 38.5 Å². The van der Waals surface area contributed by atoms with Crippen molar-refractivity contribution in [3.05, 3.63) is 143 Å². The molecule has 5 aromatic rings. The highest BCUT2D eigenvalue weighted by Crippen LogP contribution is 2.39. The van der Waals surface area contributed by atoms with Crippen molar-refractivity contribution >= 4 is 40.7 Å². The number of hydrogen-bond acceptors (Lipinski definition) is 10. The van der Waals surface area contributed by atoms with Gasteiger partial charge in [-0.05, 0) is 54.5 Å². The molecule has 0 amide bonds. The van der Waals surface area contributed by atoms with E-state index >= 15 is 0 Å². The van der Waals surface area contributed by atoms with Gasteiger partial charge < -0.3 is 23.7 Å². The van der Waals surface area contributed by atoms with Crippen LogP contribution in [0, 0.1) is 11.3 Å². The van der Waals surface area contributed by atoms with E-state index < -0.39 is 12.0 Å². The van der Waals surface area contributed by atoms with Crippen molar-refractivity contribution < 1.29 is 28.5 Å². The Bertz CT molecular complexity index is 2380. The number of halogens is 1. The minimum absolute atomic E-state index is 0.0977. The summed E-state index contributed by atoms with van der Waals surface area (Å²) in [5, 5.41) is 9.72. The van der Waals surface area contributed by atoms with Crippen molar-refractivity contribution in [3.8, 4) is 29.1 Å². The Morgan fingerprint density at radius 1 is 0.961 bits per heavy atom. The van der Waals surface area contributed by atoms with Crippen molar-refractivity contribution in [2.75, 3.05) is 27.9 Å². The molecule has 0 saturated heterocycles. The monoisotopic (exact) mass is 721 g/mol. The number of esters is 1. The lowest BCUT2D eigenvalue weighted by Gasteiger charge is -2.26. The number of aromatic nitrogens is 1. The number of fused-ring (bicyclic) bond motifs is 1. The molecule has 1 aromatic heterocycles. The summed E-state index contributed by atoms with van der Waals surface area (Å²) in [6.07, 6.45) is 1.69. The summed E-state index contributed by atoms with van der Waals surface area (Å²) in [7, 11) is 4.54. The minimum Gasteiger partial charge on any atom is -0.493 e. The quantitative estimate of drug-likeness (QED) is 0.151. The van der Waals surface area contributed by atoms with Gasteiger partial charge in [0.15, 0.2) is 27.8 Å². The molecule has 0 fully saturated rings. The third-order valence-corrected chi connectivity index (χ3v) is 9.42. The number of benzene rings is 4. The van der Waals surface area contributed by atoms with E-state index in [-0.39, 0.29) is 29.4 Å². The fourth-order valence-corrected chi connectivity index (χ4v) is 7.07. The predicted molar refractivity (Wildman–Crippen MR) is 194 cm³/mol. The molecule has 0 unspecified atom stereocenters. The van der Waals surface area contributed by atoms with Crippen molar-refractivity contribution in [1.29, 1.82) is 5.26 Å².